The van der Waals surface area contributed by atoms with E-state index in [1.54, 1.807) is 0 Å². The number of para-hydroxylation sites is 1. The third-order valence-electron chi connectivity index (χ3n) is 3.85. The van der Waals surface area contributed by atoms with Crippen molar-refractivity contribution in [3.05, 3.63) is 36.0 Å². The molecule has 1 aromatic carbocycles. The van der Waals surface area contributed by atoms with Crippen LogP contribution in [-0.4, -0.2) is 11.0 Å². The monoisotopic (exact) mass is 240 g/mol. The van der Waals surface area contributed by atoms with Gasteiger partial charge < -0.3 is 5.32 Å². The van der Waals surface area contributed by atoms with Gasteiger partial charge in [0, 0.05) is 17.1 Å². The highest BCUT2D eigenvalue weighted by molar-refractivity contribution is 5.90. The number of hydrogen-bond donors (Lipinski definition) is 1. The molecule has 0 bridgehead atoms. The van der Waals surface area contributed by atoms with Crippen molar-refractivity contribution < 1.29 is 0 Å². The van der Waals surface area contributed by atoms with Crippen LogP contribution in [0.2, 0.25) is 0 Å². The molecule has 0 unspecified atom stereocenters. The molecule has 1 heterocycles. The summed E-state index contributed by atoms with van der Waals surface area (Å²) in [6.07, 6.45) is 6.30. The van der Waals surface area contributed by atoms with Gasteiger partial charge in [-0.05, 0) is 31.4 Å². The van der Waals surface area contributed by atoms with Crippen LogP contribution in [-0.2, 0) is 6.42 Å². The third kappa shape index (κ3) is 2.20. The summed E-state index contributed by atoms with van der Waals surface area (Å²) < 4.78 is 0. The van der Waals surface area contributed by atoms with Crippen LogP contribution in [0.1, 0.15) is 38.3 Å². The van der Waals surface area contributed by atoms with Gasteiger partial charge in [0.1, 0.15) is 0 Å². The molecule has 0 saturated heterocycles. The number of hydrogen-bond acceptors (Lipinski definition) is 2. The molecular weight excluding hydrogens is 220 g/mol. The van der Waals surface area contributed by atoms with E-state index in [2.05, 4.69) is 42.6 Å². The highest BCUT2D eigenvalue weighted by atomic mass is 14.9. The molecule has 0 aliphatic heterocycles. The number of anilines is 1. The molecule has 0 amide bonds. The van der Waals surface area contributed by atoms with E-state index in [4.69, 9.17) is 4.98 Å². The lowest BCUT2D eigenvalue weighted by atomic mass is 10.1. The number of fused-ring (bicyclic) bond motifs is 1. The third-order valence-corrected chi connectivity index (χ3v) is 3.85. The number of nitrogens with zero attached hydrogens (tertiary/aromatic N) is 1. The number of nitrogens with one attached hydrogen (secondary N) is 1. The zero-order valence-corrected chi connectivity index (χ0v) is 10.9. The fourth-order valence-electron chi connectivity index (χ4n) is 2.79. The van der Waals surface area contributed by atoms with Gasteiger partial charge >= 0.3 is 0 Å². The molecule has 1 N–H and O–H groups in total. The van der Waals surface area contributed by atoms with E-state index in [-0.39, 0.29) is 0 Å². The van der Waals surface area contributed by atoms with Crippen LogP contribution < -0.4 is 5.32 Å². The average Bonchev–Trinajstić information content (AvgIpc) is 2.91. The van der Waals surface area contributed by atoms with Crippen LogP contribution in [0.5, 0.6) is 0 Å². The molecule has 18 heavy (non-hydrogen) atoms. The SMILES string of the molecule is CCc1ccc2cccc(NC3CCCC3)c2n1. The maximum Gasteiger partial charge on any atom is 0.0936 e. The van der Waals surface area contributed by atoms with Crippen molar-refractivity contribution in [1.82, 2.24) is 4.98 Å². The number of rotatable bonds is 3. The van der Waals surface area contributed by atoms with Crippen molar-refractivity contribution in [2.75, 3.05) is 5.32 Å². The first-order valence-corrected chi connectivity index (χ1v) is 7.02. The number of aryl methyl sites for hydroxylation is 1. The first kappa shape index (κ1) is 11.5. The molecule has 1 saturated carbocycles. The lowest BCUT2D eigenvalue weighted by molar-refractivity contribution is 0.756. The van der Waals surface area contributed by atoms with Gasteiger partial charge in [-0.3, -0.25) is 4.98 Å². The van der Waals surface area contributed by atoms with Gasteiger partial charge in [-0.25, -0.2) is 0 Å². The van der Waals surface area contributed by atoms with Gasteiger partial charge in [0.15, 0.2) is 0 Å². The predicted molar refractivity (Wildman–Crippen MR) is 77.0 cm³/mol. The highest BCUT2D eigenvalue weighted by Gasteiger charge is 2.15. The Balaban J connectivity index is 1.98. The number of benzene rings is 1. The Hall–Kier alpha value is -1.57. The smallest absolute Gasteiger partial charge is 0.0936 e. The van der Waals surface area contributed by atoms with Crippen molar-refractivity contribution in [2.24, 2.45) is 0 Å². The quantitative estimate of drug-likeness (QED) is 0.871. The lowest BCUT2D eigenvalue weighted by Gasteiger charge is -2.15. The minimum atomic E-state index is 0.641. The van der Waals surface area contributed by atoms with Gasteiger partial charge in [0.25, 0.3) is 0 Å². The second-order valence-corrected chi connectivity index (χ2v) is 5.16. The first-order valence-electron chi connectivity index (χ1n) is 7.02. The molecule has 1 fully saturated rings. The maximum absolute atomic E-state index is 4.77. The van der Waals surface area contributed by atoms with Gasteiger partial charge in [-0.1, -0.05) is 38.0 Å². The summed E-state index contributed by atoms with van der Waals surface area (Å²) in [5.41, 5.74) is 3.50. The summed E-state index contributed by atoms with van der Waals surface area (Å²) in [6.45, 7) is 2.15. The zero-order valence-electron chi connectivity index (χ0n) is 10.9. The molecule has 0 atom stereocenters. The van der Waals surface area contributed by atoms with Gasteiger partial charge in [-0.2, -0.15) is 0 Å². The maximum atomic E-state index is 4.77. The van der Waals surface area contributed by atoms with E-state index in [1.807, 2.05) is 0 Å². The molecule has 2 nitrogen and oxygen atoms in total. The van der Waals surface area contributed by atoms with Crippen molar-refractivity contribution in [1.29, 1.82) is 0 Å². The molecule has 2 heteroatoms. The lowest BCUT2D eigenvalue weighted by Crippen LogP contribution is -2.14. The van der Waals surface area contributed by atoms with Crippen LogP contribution in [0.15, 0.2) is 30.3 Å². The minimum absolute atomic E-state index is 0.641. The van der Waals surface area contributed by atoms with E-state index in [9.17, 15) is 0 Å². The second kappa shape index (κ2) is 4.97. The topological polar surface area (TPSA) is 24.9 Å². The van der Waals surface area contributed by atoms with Gasteiger partial charge in [0.2, 0.25) is 0 Å². The summed E-state index contributed by atoms with van der Waals surface area (Å²) in [5, 5.41) is 4.90. The number of aromatic nitrogens is 1. The molecule has 94 valence electrons. The minimum Gasteiger partial charge on any atom is -0.381 e. The average molecular weight is 240 g/mol. The highest BCUT2D eigenvalue weighted by Crippen LogP contribution is 2.27. The van der Waals surface area contributed by atoms with Crippen molar-refractivity contribution >= 4 is 16.6 Å². The fraction of sp³-hybridized carbons (Fsp3) is 0.438. The van der Waals surface area contributed by atoms with Crippen LogP contribution >= 0.6 is 0 Å². The summed E-state index contributed by atoms with van der Waals surface area (Å²) >= 11 is 0. The fourth-order valence-corrected chi connectivity index (χ4v) is 2.79. The van der Waals surface area contributed by atoms with Crippen LogP contribution in [0.25, 0.3) is 10.9 Å². The van der Waals surface area contributed by atoms with E-state index < -0.39 is 0 Å². The molecule has 1 aliphatic rings. The van der Waals surface area contributed by atoms with Gasteiger partial charge in [0.05, 0.1) is 11.2 Å². The Bertz CT molecular complexity index is 542. The Morgan fingerprint density at radius 3 is 2.78 bits per heavy atom. The molecule has 1 aliphatic carbocycles. The second-order valence-electron chi connectivity index (χ2n) is 5.16. The zero-order chi connectivity index (χ0) is 12.4. The van der Waals surface area contributed by atoms with E-state index in [0.29, 0.717) is 6.04 Å². The summed E-state index contributed by atoms with van der Waals surface area (Å²) in [7, 11) is 0. The molecule has 3 rings (SSSR count). The molecular formula is C16H20N2. The van der Waals surface area contributed by atoms with E-state index in [0.717, 1.165) is 11.9 Å². The summed E-state index contributed by atoms with van der Waals surface area (Å²) in [6, 6.07) is 11.4. The van der Waals surface area contributed by atoms with E-state index in [1.165, 1.54) is 42.5 Å². The molecule has 2 aromatic rings. The Morgan fingerprint density at radius 1 is 1.17 bits per heavy atom. The standard InChI is InChI=1S/C16H20N2/c1-2-13-11-10-12-6-5-9-15(16(12)18-13)17-14-7-3-4-8-14/h5-6,9-11,14,17H,2-4,7-8H2,1H3. The van der Waals surface area contributed by atoms with Crippen LogP contribution in [0.4, 0.5) is 5.69 Å². The summed E-state index contributed by atoms with van der Waals surface area (Å²) in [4.78, 5) is 4.77. The Labute approximate surface area is 108 Å². The molecule has 0 spiro atoms. The first-order chi connectivity index (χ1) is 8.86. The van der Waals surface area contributed by atoms with Crippen molar-refractivity contribution in [3.63, 3.8) is 0 Å². The Kier molecular flexibility index (Phi) is 3.18. The number of pyridine rings is 1. The van der Waals surface area contributed by atoms with Crippen LogP contribution in [0.3, 0.4) is 0 Å². The van der Waals surface area contributed by atoms with Gasteiger partial charge in [-0.15, -0.1) is 0 Å². The van der Waals surface area contributed by atoms with Crippen LogP contribution in [0, 0.1) is 0 Å². The summed E-state index contributed by atoms with van der Waals surface area (Å²) in [5.74, 6) is 0. The normalized spacial score (nSPS) is 16.3. The largest absolute Gasteiger partial charge is 0.381 e. The Morgan fingerprint density at radius 2 is 2.00 bits per heavy atom. The van der Waals surface area contributed by atoms with Crippen molar-refractivity contribution in [3.8, 4) is 0 Å². The molecule has 0 radical (unpaired) electrons. The predicted octanol–water partition coefficient (Wildman–Crippen LogP) is 4.15. The molecule has 1 aromatic heterocycles. The van der Waals surface area contributed by atoms with Crippen molar-refractivity contribution in [2.45, 2.75) is 45.1 Å². The van der Waals surface area contributed by atoms with E-state index >= 15 is 0 Å².